The number of oxazole rings is 1. The molecule has 3 aromatic rings. The Morgan fingerprint density at radius 1 is 1.38 bits per heavy atom. The van der Waals surface area contributed by atoms with Crippen LogP contribution in [0.1, 0.15) is 24.5 Å². The van der Waals surface area contributed by atoms with Gasteiger partial charge in [-0.2, -0.15) is 5.10 Å². The van der Waals surface area contributed by atoms with E-state index in [1.165, 1.54) is 12.1 Å². The van der Waals surface area contributed by atoms with Crippen molar-refractivity contribution in [3.63, 3.8) is 0 Å². The van der Waals surface area contributed by atoms with Crippen LogP contribution >= 0.6 is 0 Å². The van der Waals surface area contributed by atoms with Crippen molar-refractivity contribution in [2.45, 2.75) is 26.1 Å². The molecule has 1 fully saturated rings. The van der Waals surface area contributed by atoms with Crippen molar-refractivity contribution in [1.82, 2.24) is 19.7 Å². The van der Waals surface area contributed by atoms with Gasteiger partial charge >= 0.3 is 0 Å². The molecule has 1 aliphatic rings. The lowest BCUT2D eigenvalue weighted by Crippen LogP contribution is -2.37. The van der Waals surface area contributed by atoms with Crippen LogP contribution in [0.3, 0.4) is 0 Å². The number of aryl methyl sites for hydroxylation is 1. The summed E-state index contributed by atoms with van der Waals surface area (Å²) in [5.41, 5.74) is 2.25. The third kappa shape index (κ3) is 3.05. The van der Waals surface area contributed by atoms with Gasteiger partial charge in [0.05, 0.1) is 25.5 Å². The molecule has 4 rings (SSSR count). The Labute approximate surface area is 138 Å². The molecular formula is C17H19FN4O2. The Morgan fingerprint density at radius 2 is 2.29 bits per heavy atom. The predicted octanol–water partition coefficient (Wildman–Crippen LogP) is 2.76. The molecule has 0 radical (unpaired) electrons. The van der Waals surface area contributed by atoms with Crippen molar-refractivity contribution in [2.24, 2.45) is 0 Å². The van der Waals surface area contributed by atoms with Crippen LogP contribution in [0.2, 0.25) is 0 Å². The Bertz CT molecular complexity index is 844. The highest BCUT2D eigenvalue weighted by Crippen LogP contribution is 2.24. The number of halogens is 1. The van der Waals surface area contributed by atoms with E-state index in [1.54, 1.807) is 6.07 Å². The smallest absolute Gasteiger partial charge is 0.209 e. The Balaban J connectivity index is 1.47. The highest BCUT2D eigenvalue weighted by atomic mass is 19.1. The van der Waals surface area contributed by atoms with Gasteiger partial charge in [-0.25, -0.2) is 9.37 Å². The molecule has 7 heteroatoms. The van der Waals surface area contributed by atoms with E-state index in [4.69, 9.17) is 9.15 Å². The van der Waals surface area contributed by atoms with Gasteiger partial charge < -0.3 is 9.15 Å². The fourth-order valence-electron chi connectivity index (χ4n) is 2.97. The topological polar surface area (TPSA) is 56.3 Å². The molecular weight excluding hydrogens is 311 g/mol. The largest absolute Gasteiger partial charge is 0.439 e. The number of nitrogens with zero attached hydrogens (tertiary/aromatic N) is 4. The van der Waals surface area contributed by atoms with Crippen molar-refractivity contribution in [1.29, 1.82) is 0 Å². The number of fused-ring (bicyclic) bond motifs is 1. The third-order valence-electron chi connectivity index (χ3n) is 4.25. The van der Waals surface area contributed by atoms with Crippen molar-refractivity contribution in [3.8, 4) is 0 Å². The van der Waals surface area contributed by atoms with Gasteiger partial charge in [0.1, 0.15) is 11.3 Å². The van der Waals surface area contributed by atoms with Crippen LogP contribution in [0.4, 0.5) is 4.39 Å². The minimum atomic E-state index is -0.304. The van der Waals surface area contributed by atoms with Crippen LogP contribution < -0.4 is 0 Å². The Morgan fingerprint density at radius 3 is 3.12 bits per heavy atom. The van der Waals surface area contributed by atoms with E-state index in [2.05, 4.69) is 21.9 Å². The monoisotopic (exact) mass is 330 g/mol. The number of rotatable bonds is 4. The quantitative estimate of drug-likeness (QED) is 0.736. The fraction of sp³-hybridized carbons (Fsp3) is 0.412. The summed E-state index contributed by atoms with van der Waals surface area (Å²) >= 11 is 0. The van der Waals surface area contributed by atoms with E-state index in [0.717, 1.165) is 25.2 Å². The molecule has 0 N–H and O–H groups in total. The first-order chi connectivity index (χ1) is 11.7. The molecule has 1 atom stereocenters. The number of morpholine rings is 1. The lowest BCUT2D eigenvalue weighted by Gasteiger charge is -2.31. The molecule has 0 aliphatic carbocycles. The summed E-state index contributed by atoms with van der Waals surface area (Å²) in [5, 5.41) is 4.31. The average Bonchev–Trinajstić information content (AvgIpc) is 3.21. The summed E-state index contributed by atoms with van der Waals surface area (Å²) < 4.78 is 26.7. The van der Waals surface area contributed by atoms with Crippen LogP contribution in [0.25, 0.3) is 11.1 Å². The molecule has 0 saturated carbocycles. The van der Waals surface area contributed by atoms with Crippen molar-refractivity contribution in [2.75, 3.05) is 19.7 Å². The lowest BCUT2D eigenvalue weighted by molar-refractivity contribution is -0.0350. The average molecular weight is 330 g/mol. The molecule has 1 saturated heterocycles. The van der Waals surface area contributed by atoms with Gasteiger partial charge in [-0.3, -0.25) is 9.58 Å². The van der Waals surface area contributed by atoms with Crippen LogP contribution in [0.5, 0.6) is 0 Å². The van der Waals surface area contributed by atoms with Gasteiger partial charge in [0.2, 0.25) is 5.89 Å². The predicted molar refractivity (Wildman–Crippen MR) is 85.8 cm³/mol. The van der Waals surface area contributed by atoms with Gasteiger partial charge in [0.25, 0.3) is 0 Å². The fourth-order valence-corrected chi connectivity index (χ4v) is 2.97. The van der Waals surface area contributed by atoms with E-state index in [0.29, 0.717) is 30.1 Å². The summed E-state index contributed by atoms with van der Waals surface area (Å²) in [6, 6.07) is 4.39. The maximum atomic E-state index is 13.3. The number of benzene rings is 1. The molecule has 0 spiro atoms. The molecule has 3 heterocycles. The number of ether oxygens (including phenoxy) is 1. The minimum absolute atomic E-state index is 0.000808. The van der Waals surface area contributed by atoms with Gasteiger partial charge in [-0.1, -0.05) is 0 Å². The van der Waals surface area contributed by atoms with Crippen molar-refractivity contribution < 1.29 is 13.5 Å². The van der Waals surface area contributed by atoms with E-state index >= 15 is 0 Å². The molecule has 1 aliphatic heterocycles. The molecule has 6 nitrogen and oxygen atoms in total. The second-order valence-corrected chi connectivity index (χ2v) is 5.94. The van der Waals surface area contributed by atoms with Crippen LogP contribution in [0, 0.1) is 5.82 Å². The van der Waals surface area contributed by atoms with E-state index < -0.39 is 0 Å². The summed E-state index contributed by atoms with van der Waals surface area (Å²) in [6.45, 7) is 5.69. The van der Waals surface area contributed by atoms with Gasteiger partial charge in [0, 0.05) is 37.5 Å². The maximum Gasteiger partial charge on any atom is 0.209 e. The minimum Gasteiger partial charge on any atom is -0.439 e. The van der Waals surface area contributed by atoms with Gasteiger partial charge in [0.15, 0.2) is 5.58 Å². The zero-order valence-electron chi connectivity index (χ0n) is 13.5. The second-order valence-electron chi connectivity index (χ2n) is 5.94. The van der Waals surface area contributed by atoms with Crippen molar-refractivity contribution in [3.05, 3.63) is 47.9 Å². The SMILES string of the molecule is CCn1cc([C@H]2CN(Cc3nc4cc(F)ccc4o3)CCO2)cn1. The van der Waals surface area contributed by atoms with Crippen LogP contribution in [0.15, 0.2) is 35.0 Å². The first kappa shape index (κ1) is 15.3. The molecule has 0 bridgehead atoms. The van der Waals surface area contributed by atoms with E-state index in [1.807, 2.05) is 17.1 Å². The Hall–Kier alpha value is -2.25. The molecule has 1 aromatic carbocycles. The number of aromatic nitrogens is 3. The summed E-state index contributed by atoms with van der Waals surface area (Å²) in [4.78, 5) is 6.61. The maximum absolute atomic E-state index is 13.3. The number of hydrogen-bond acceptors (Lipinski definition) is 5. The third-order valence-corrected chi connectivity index (χ3v) is 4.25. The van der Waals surface area contributed by atoms with Crippen molar-refractivity contribution >= 4 is 11.1 Å². The van der Waals surface area contributed by atoms with Crippen LogP contribution in [-0.4, -0.2) is 39.4 Å². The van der Waals surface area contributed by atoms with Gasteiger partial charge in [-0.15, -0.1) is 0 Å². The highest BCUT2D eigenvalue weighted by Gasteiger charge is 2.24. The van der Waals surface area contributed by atoms with E-state index in [-0.39, 0.29) is 11.9 Å². The molecule has 0 amide bonds. The molecule has 2 aromatic heterocycles. The molecule has 0 unspecified atom stereocenters. The highest BCUT2D eigenvalue weighted by molar-refractivity contribution is 5.72. The first-order valence-electron chi connectivity index (χ1n) is 8.12. The molecule has 24 heavy (non-hydrogen) atoms. The van der Waals surface area contributed by atoms with E-state index in [9.17, 15) is 4.39 Å². The zero-order valence-corrected chi connectivity index (χ0v) is 13.5. The standard InChI is InChI=1S/C17H19FN4O2/c1-2-22-9-12(8-19-22)16-10-21(5-6-23-16)11-17-20-14-7-13(18)3-4-15(14)24-17/h3-4,7-9,16H,2,5-6,10-11H2,1H3/t16-/m1/s1. The number of hydrogen-bond donors (Lipinski definition) is 0. The zero-order chi connectivity index (χ0) is 16.5. The normalized spacial score (nSPS) is 19.2. The lowest BCUT2D eigenvalue weighted by atomic mass is 10.1. The van der Waals surface area contributed by atoms with Crippen LogP contribution in [-0.2, 0) is 17.8 Å². The van der Waals surface area contributed by atoms with Gasteiger partial charge in [-0.05, 0) is 19.1 Å². The molecule has 126 valence electrons. The second kappa shape index (κ2) is 6.33. The summed E-state index contributed by atoms with van der Waals surface area (Å²) in [5.74, 6) is 0.294. The Kier molecular flexibility index (Phi) is 4.03. The summed E-state index contributed by atoms with van der Waals surface area (Å²) in [7, 11) is 0. The first-order valence-corrected chi connectivity index (χ1v) is 8.12. The summed E-state index contributed by atoms with van der Waals surface area (Å²) in [6.07, 6.45) is 3.89.